The van der Waals surface area contributed by atoms with Crippen LogP contribution in [-0.4, -0.2) is 47.0 Å². The van der Waals surface area contributed by atoms with Gasteiger partial charge in [0, 0.05) is 18.8 Å². The van der Waals surface area contributed by atoms with Gasteiger partial charge in [0.05, 0.1) is 24.2 Å². The monoisotopic (exact) mass is 336 g/mol. The predicted octanol–water partition coefficient (Wildman–Crippen LogP) is 2.27. The van der Waals surface area contributed by atoms with Crippen LogP contribution in [0.25, 0.3) is 0 Å². The highest BCUT2D eigenvalue weighted by molar-refractivity contribution is 6.21. The number of carbonyl (C=O) groups excluding carboxylic acids is 2. The van der Waals surface area contributed by atoms with E-state index in [1.807, 2.05) is 18.0 Å². The van der Waals surface area contributed by atoms with Gasteiger partial charge in [-0.15, -0.1) is 0 Å². The molecule has 0 bridgehead atoms. The second-order valence-electron chi connectivity index (χ2n) is 6.29. The van der Waals surface area contributed by atoms with E-state index in [2.05, 4.69) is 35.9 Å². The highest BCUT2D eigenvalue weighted by Gasteiger charge is 2.34. The van der Waals surface area contributed by atoms with Crippen molar-refractivity contribution < 1.29 is 9.59 Å². The summed E-state index contributed by atoms with van der Waals surface area (Å²) in [6, 6.07) is 8.84. The van der Waals surface area contributed by atoms with Gasteiger partial charge in [-0.05, 0) is 18.1 Å². The summed E-state index contributed by atoms with van der Waals surface area (Å²) in [5.41, 5.74) is 1.97. The zero-order chi connectivity index (χ0) is 18.0. The SMILES string of the molecule is CC(C)c1cc(N(C)CC#CCN2C(=O)c3ccccc3C2=O)n[nH]1. The Bertz CT molecular complexity index is 838. The van der Waals surface area contributed by atoms with Crippen LogP contribution in [0.1, 0.15) is 46.2 Å². The molecule has 2 aromatic rings. The maximum atomic E-state index is 12.2. The van der Waals surface area contributed by atoms with Gasteiger partial charge < -0.3 is 4.90 Å². The Morgan fingerprint density at radius 2 is 1.80 bits per heavy atom. The van der Waals surface area contributed by atoms with E-state index in [4.69, 9.17) is 0 Å². The molecule has 3 rings (SSSR count). The van der Waals surface area contributed by atoms with Crippen LogP contribution in [0.4, 0.5) is 5.82 Å². The number of imide groups is 1. The number of hydrogen-bond acceptors (Lipinski definition) is 4. The summed E-state index contributed by atoms with van der Waals surface area (Å²) >= 11 is 0. The maximum absolute atomic E-state index is 12.2. The second kappa shape index (κ2) is 6.81. The summed E-state index contributed by atoms with van der Waals surface area (Å²) < 4.78 is 0. The number of amides is 2. The van der Waals surface area contributed by atoms with E-state index in [-0.39, 0.29) is 18.4 Å². The van der Waals surface area contributed by atoms with Gasteiger partial charge in [-0.25, -0.2) is 0 Å². The van der Waals surface area contributed by atoms with Gasteiger partial charge in [0.15, 0.2) is 5.82 Å². The molecule has 25 heavy (non-hydrogen) atoms. The number of aromatic amines is 1. The Kier molecular flexibility index (Phi) is 4.57. The van der Waals surface area contributed by atoms with Crippen molar-refractivity contribution in [3.8, 4) is 11.8 Å². The fourth-order valence-corrected chi connectivity index (χ4v) is 2.59. The molecule has 0 saturated heterocycles. The molecule has 2 heterocycles. The first-order chi connectivity index (χ1) is 12.0. The van der Waals surface area contributed by atoms with Gasteiger partial charge in [-0.1, -0.05) is 37.8 Å². The van der Waals surface area contributed by atoms with Crippen LogP contribution in [0, 0.1) is 11.8 Å². The normalized spacial score (nSPS) is 13.0. The molecule has 1 aromatic heterocycles. The van der Waals surface area contributed by atoms with Crippen LogP contribution in [0.5, 0.6) is 0 Å². The Hall–Kier alpha value is -3.07. The van der Waals surface area contributed by atoms with Crippen molar-refractivity contribution in [2.75, 3.05) is 25.0 Å². The third-order valence-corrected chi connectivity index (χ3v) is 4.15. The first kappa shape index (κ1) is 16.8. The average Bonchev–Trinajstić information content (AvgIpc) is 3.18. The average molecular weight is 336 g/mol. The Morgan fingerprint density at radius 1 is 1.16 bits per heavy atom. The van der Waals surface area contributed by atoms with Crippen LogP contribution < -0.4 is 4.90 Å². The summed E-state index contributed by atoms with van der Waals surface area (Å²) in [4.78, 5) is 27.6. The van der Waals surface area contributed by atoms with Crippen LogP contribution in [0.3, 0.4) is 0 Å². The van der Waals surface area contributed by atoms with E-state index < -0.39 is 0 Å². The number of aromatic nitrogens is 2. The van der Waals surface area contributed by atoms with Gasteiger partial charge in [0.2, 0.25) is 0 Å². The zero-order valence-corrected chi connectivity index (χ0v) is 14.5. The number of hydrogen-bond donors (Lipinski definition) is 1. The van der Waals surface area contributed by atoms with E-state index in [0.29, 0.717) is 23.6 Å². The smallest absolute Gasteiger partial charge is 0.262 e. The molecule has 0 radical (unpaired) electrons. The molecule has 1 aliphatic heterocycles. The molecule has 0 aliphatic carbocycles. The van der Waals surface area contributed by atoms with Crippen molar-refractivity contribution in [2.24, 2.45) is 0 Å². The Labute approximate surface area is 146 Å². The fraction of sp³-hybridized carbons (Fsp3) is 0.316. The van der Waals surface area contributed by atoms with E-state index >= 15 is 0 Å². The first-order valence-electron chi connectivity index (χ1n) is 8.16. The van der Waals surface area contributed by atoms with Gasteiger partial charge in [0.1, 0.15) is 0 Å². The highest BCUT2D eigenvalue weighted by Crippen LogP contribution is 2.21. The lowest BCUT2D eigenvalue weighted by atomic mass is 10.1. The summed E-state index contributed by atoms with van der Waals surface area (Å²) in [5, 5.41) is 7.26. The number of carbonyl (C=O) groups is 2. The van der Waals surface area contributed by atoms with E-state index in [9.17, 15) is 9.59 Å². The van der Waals surface area contributed by atoms with Gasteiger partial charge in [-0.3, -0.25) is 19.6 Å². The molecule has 2 amide bonds. The molecule has 0 fully saturated rings. The number of fused-ring (bicyclic) bond motifs is 1. The molecule has 0 spiro atoms. The van der Waals surface area contributed by atoms with Gasteiger partial charge in [-0.2, -0.15) is 5.10 Å². The van der Waals surface area contributed by atoms with Crippen LogP contribution >= 0.6 is 0 Å². The number of rotatable bonds is 4. The third-order valence-electron chi connectivity index (χ3n) is 4.15. The summed E-state index contributed by atoms with van der Waals surface area (Å²) in [6.07, 6.45) is 0. The molecule has 0 saturated carbocycles. The van der Waals surface area contributed by atoms with Gasteiger partial charge >= 0.3 is 0 Å². The van der Waals surface area contributed by atoms with Crippen molar-refractivity contribution in [2.45, 2.75) is 19.8 Å². The molecule has 1 N–H and O–H groups in total. The number of nitrogens with one attached hydrogen (secondary N) is 1. The Morgan fingerprint density at radius 3 is 2.36 bits per heavy atom. The number of benzene rings is 1. The molecule has 0 unspecified atom stereocenters. The molecular formula is C19H20N4O2. The van der Waals surface area contributed by atoms with Crippen molar-refractivity contribution in [3.05, 3.63) is 47.2 Å². The zero-order valence-electron chi connectivity index (χ0n) is 14.5. The third kappa shape index (κ3) is 3.26. The maximum Gasteiger partial charge on any atom is 0.262 e. The minimum absolute atomic E-state index is 0.0952. The lowest BCUT2D eigenvalue weighted by molar-refractivity contribution is 0.0675. The van der Waals surface area contributed by atoms with Gasteiger partial charge in [0.25, 0.3) is 11.8 Å². The van der Waals surface area contributed by atoms with Crippen molar-refractivity contribution in [1.82, 2.24) is 15.1 Å². The lowest BCUT2D eigenvalue weighted by Gasteiger charge is -2.12. The van der Waals surface area contributed by atoms with Crippen LogP contribution in [0.2, 0.25) is 0 Å². The minimum atomic E-state index is -0.280. The number of nitrogens with zero attached hydrogens (tertiary/aromatic N) is 3. The fourth-order valence-electron chi connectivity index (χ4n) is 2.59. The van der Waals surface area contributed by atoms with Crippen LogP contribution in [0.15, 0.2) is 30.3 Å². The number of H-pyrrole nitrogens is 1. The first-order valence-corrected chi connectivity index (χ1v) is 8.16. The van der Waals surface area contributed by atoms with E-state index in [1.54, 1.807) is 24.3 Å². The van der Waals surface area contributed by atoms with E-state index in [0.717, 1.165) is 11.5 Å². The highest BCUT2D eigenvalue weighted by atomic mass is 16.2. The second-order valence-corrected chi connectivity index (χ2v) is 6.29. The standard InChI is InChI=1S/C19H20N4O2/c1-13(2)16-12-17(21-20-16)22(3)10-6-7-11-23-18(24)14-8-4-5-9-15(14)19(23)25/h4-5,8-9,12-13H,10-11H2,1-3H3,(H,20,21). The van der Waals surface area contributed by atoms with E-state index in [1.165, 1.54) is 4.90 Å². The van der Waals surface area contributed by atoms with Crippen LogP contribution in [-0.2, 0) is 0 Å². The molecule has 1 aliphatic rings. The molecule has 6 nitrogen and oxygen atoms in total. The predicted molar refractivity (Wildman–Crippen MR) is 95.5 cm³/mol. The lowest BCUT2D eigenvalue weighted by Crippen LogP contribution is -2.30. The largest absolute Gasteiger partial charge is 0.347 e. The number of anilines is 1. The van der Waals surface area contributed by atoms with Crippen molar-refractivity contribution in [1.29, 1.82) is 0 Å². The van der Waals surface area contributed by atoms with Crippen molar-refractivity contribution in [3.63, 3.8) is 0 Å². The van der Waals surface area contributed by atoms with Crippen molar-refractivity contribution >= 4 is 17.6 Å². The summed E-state index contributed by atoms with van der Waals surface area (Å²) in [6.45, 7) is 4.75. The molecule has 128 valence electrons. The topological polar surface area (TPSA) is 69.3 Å². The molecule has 1 aromatic carbocycles. The minimum Gasteiger partial charge on any atom is -0.347 e. The quantitative estimate of drug-likeness (QED) is 0.687. The molecule has 0 atom stereocenters. The summed E-state index contributed by atoms with van der Waals surface area (Å²) in [7, 11) is 1.90. The Balaban J connectivity index is 1.60. The molecular weight excluding hydrogens is 316 g/mol. The molecule has 6 heteroatoms. The summed E-state index contributed by atoms with van der Waals surface area (Å²) in [5.74, 6) is 6.54.